The van der Waals surface area contributed by atoms with Crippen molar-refractivity contribution in [3.05, 3.63) is 35.4 Å². The number of hydrogen-bond acceptors (Lipinski definition) is 3. The van der Waals surface area contributed by atoms with Crippen LogP contribution in [0.3, 0.4) is 0 Å². The summed E-state index contributed by atoms with van der Waals surface area (Å²) in [4.78, 5) is 37.0. The molecule has 100 valence electrons. The van der Waals surface area contributed by atoms with Crippen molar-refractivity contribution in [1.82, 2.24) is 4.90 Å². The van der Waals surface area contributed by atoms with Gasteiger partial charge in [0.25, 0.3) is 11.8 Å². The summed E-state index contributed by atoms with van der Waals surface area (Å²) in [7, 11) is 0. The third kappa shape index (κ3) is 2.40. The molecule has 1 heterocycles. The van der Waals surface area contributed by atoms with Crippen LogP contribution in [0.25, 0.3) is 0 Å². The Morgan fingerprint density at radius 3 is 2.00 bits per heavy atom. The highest BCUT2D eigenvalue weighted by Gasteiger charge is 2.42. The number of halogens is 1. The van der Waals surface area contributed by atoms with Crippen molar-refractivity contribution >= 4 is 28.7 Å². The average molecular weight is 280 g/mol. The van der Waals surface area contributed by atoms with E-state index in [0.717, 1.165) is 4.90 Å². The van der Waals surface area contributed by atoms with E-state index >= 15 is 0 Å². The number of fused-ring (bicyclic) bond motifs is 1. The van der Waals surface area contributed by atoms with E-state index in [2.05, 4.69) is 0 Å². The third-order valence-corrected chi connectivity index (χ3v) is 3.35. The van der Waals surface area contributed by atoms with E-state index in [0.29, 0.717) is 17.5 Å². The molecule has 5 heteroatoms. The molecule has 0 aliphatic carbocycles. The number of imide groups is 1. The Morgan fingerprint density at radius 1 is 1.16 bits per heavy atom. The fraction of sp³-hybridized carbons (Fsp3) is 0.357. The van der Waals surface area contributed by atoms with Crippen LogP contribution in [0.1, 0.15) is 41.0 Å². The lowest BCUT2D eigenvalue weighted by Gasteiger charge is -2.24. The van der Waals surface area contributed by atoms with Crippen LogP contribution < -0.4 is 0 Å². The van der Waals surface area contributed by atoms with Gasteiger partial charge in [-0.25, -0.2) is 0 Å². The highest BCUT2D eigenvalue weighted by atomic mass is 35.5. The molecule has 0 fully saturated rings. The Labute approximate surface area is 116 Å². The fourth-order valence-corrected chi connectivity index (χ4v) is 2.42. The molecule has 0 saturated heterocycles. The van der Waals surface area contributed by atoms with Crippen molar-refractivity contribution < 1.29 is 14.4 Å². The molecule has 2 rings (SSSR count). The van der Waals surface area contributed by atoms with Gasteiger partial charge in [-0.1, -0.05) is 26.0 Å². The number of benzene rings is 1. The molecule has 0 spiro atoms. The molecule has 4 nitrogen and oxygen atoms in total. The first-order valence-electron chi connectivity index (χ1n) is 6.09. The summed E-state index contributed by atoms with van der Waals surface area (Å²) in [5, 5.41) is -0.678. The Hall–Kier alpha value is -1.68. The molecule has 0 bridgehead atoms. The minimum atomic E-state index is -0.894. The zero-order valence-electron chi connectivity index (χ0n) is 10.7. The Morgan fingerprint density at radius 2 is 1.63 bits per heavy atom. The van der Waals surface area contributed by atoms with Crippen molar-refractivity contribution in [2.24, 2.45) is 5.92 Å². The van der Waals surface area contributed by atoms with Crippen LogP contribution in [0, 0.1) is 5.92 Å². The predicted molar refractivity (Wildman–Crippen MR) is 71.0 cm³/mol. The predicted octanol–water partition coefficient (Wildman–Crippen LogP) is 2.46. The van der Waals surface area contributed by atoms with Crippen molar-refractivity contribution in [3.63, 3.8) is 0 Å². The van der Waals surface area contributed by atoms with E-state index < -0.39 is 23.1 Å². The summed E-state index contributed by atoms with van der Waals surface area (Å²) in [6, 6.07) is 5.65. The van der Waals surface area contributed by atoms with Gasteiger partial charge >= 0.3 is 0 Å². The molecule has 1 aliphatic rings. The maximum atomic E-state index is 12.2. The molecular weight excluding hydrogens is 266 g/mol. The van der Waals surface area contributed by atoms with Crippen LogP contribution in [0.4, 0.5) is 0 Å². The van der Waals surface area contributed by atoms with Gasteiger partial charge in [0.1, 0.15) is 6.04 Å². The normalized spacial score (nSPS) is 15.9. The first-order chi connectivity index (χ1) is 8.93. The maximum Gasteiger partial charge on any atom is 0.262 e. The van der Waals surface area contributed by atoms with Gasteiger partial charge in [-0.05, 0) is 36.1 Å². The van der Waals surface area contributed by atoms with Crippen LogP contribution in [0.2, 0.25) is 0 Å². The first-order valence-corrected chi connectivity index (χ1v) is 6.47. The lowest BCUT2D eigenvalue weighted by molar-refractivity contribution is -0.115. The van der Waals surface area contributed by atoms with Gasteiger partial charge in [-0.3, -0.25) is 19.3 Å². The van der Waals surface area contributed by atoms with Crippen LogP contribution >= 0.6 is 11.6 Å². The SMILES string of the molecule is CC(C)C[C@H](C(=O)Cl)N1C(=O)c2ccccc2C1=O. The van der Waals surface area contributed by atoms with Gasteiger partial charge in [-0.15, -0.1) is 0 Å². The number of nitrogens with zero attached hydrogens (tertiary/aromatic N) is 1. The van der Waals surface area contributed by atoms with Crippen LogP contribution in [0.5, 0.6) is 0 Å². The van der Waals surface area contributed by atoms with Gasteiger partial charge in [0.2, 0.25) is 5.24 Å². The van der Waals surface area contributed by atoms with Crippen molar-refractivity contribution in [2.45, 2.75) is 26.3 Å². The molecule has 0 aromatic heterocycles. The third-order valence-electron chi connectivity index (χ3n) is 3.09. The van der Waals surface area contributed by atoms with Crippen molar-refractivity contribution in [3.8, 4) is 0 Å². The number of carbonyl (C=O) groups excluding carboxylic acids is 3. The molecule has 0 radical (unpaired) electrons. The quantitative estimate of drug-likeness (QED) is 0.628. The summed E-state index contributed by atoms with van der Waals surface area (Å²) in [6.07, 6.45) is 0.369. The highest BCUT2D eigenvalue weighted by molar-refractivity contribution is 6.65. The summed E-state index contributed by atoms with van der Waals surface area (Å²) in [6.45, 7) is 3.82. The second-order valence-corrected chi connectivity index (χ2v) is 5.35. The topological polar surface area (TPSA) is 54.5 Å². The number of amides is 2. The van der Waals surface area contributed by atoms with Gasteiger partial charge in [0, 0.05) is 0 Å². The molecule has 19 heavy (non-hydrogen) atoms. The van der Waals surface area contributed by atoms with Crippen molar-refractivity contribution in [1.29, 1.82) is 0 Å². The lowest BCUT2D eigenvalue weighted by Crippen LogP contribution is -2.44. The Bertz CT molecular complexity index is 518. The Balaban J connectivity index is 2.39. The molecule has 2 amide bonds. The first kappa shape index (κ1) is 13.7. The maximum absolute atomic E-state index is 12.2. The minimum Gasteiger partial charge on any atom is -0.279 e. The zero-order valence-corrected chi connectivity index (χ0v) is 11.5. The average Bonchev–Trinajstić information content (AvgIpc) is 2.60. The summed E-state index contributed by atoms with van der Waals surface area (Å²) >= 11 is 5.56. The van der Waals surface area contributed by atoms with Crippen LogP contribution in [-0.2, 0) is 4.79 Å². The summed E-state index contributed by atoms with van der Waals surface area (Å²) < 4.78 is 0. The molecule has 1 aliphatic heterocycles. The van der Waals surface area contributed by atoms with E-state index in [-0.39, 0.29) is 5.92 Å². The lowest BCUT2D eigenvalue weighted by atomic mass is 10.0. The second kappa shape index (κ2) is 5.13. The van der Waals surface area contributed by atoms with E-state index in [9.17, 15) is 14.4 Å². The molecule has 1 aromatic rings. The molecule has 1 atom stereocenters. The molecule has 0 unspecified atom stereocenters. The van der Waals surface area contributed by atoms with Crippen LogP contribution in [0.15, 0.2) is 24.3 Å². The highest BCUT2D eigenvalue weighted by Crippen LogP contribution is 2.27. The van der Waals surface area contributed by atoms with E-state index in [4.69, 9.17) is 11.6 Å². The van der Waals surface area contributed by atoms with Gasteiger partial charge in [0.15, 0.2) is 0 Å². The molecular formula is C14H14ClNO3. The zero-order chi connectivity index (χ0) is 14.2. The largest absolute Gasteiger partial charge is 0.279 e. The van der Waals surface area contributed by atoms with Gasteiger partial charge < -0.3 is 0 Å². The van der Waals surface area contributed by atoms with E-state index in [1.54, 1.807) is 24.3 Å². The monoisotopic (exact) mass is 279 g/mol. The smallest absolute Gasteiger partial charge is 0.262 e. The standard InChI is InChI=1S/C14H14ClNO3/c1-8(2)7-11(12(15)17)16-13(18)9-5-3-4-6-10(9)14(16)19/h3-6,8,11H,7H2,1-2H3/t11-/m1/s1. The fourth-order valence-electron chi connectivity index (χ4n) is 2.24. The minimum absolute atomic E-state index is 0.150. The second-order valence-electron chi connectivity index (χ2n) is 4.98. The van der Waals surface area contributed by atoms with E-state index in [1.165, 1.54) is 0 Å². The molecule has 1 aromatic carbocycles. The number of rotatable bonds is 4. The molecule has 0 saturated carbocycles. The summed E-state index contributed by atoms with van der Waals surface area (Å²) in [5.41, 5.74) is 0.665. The number of hydrogen-bond donors (Lipinski definition) is 0. The van der Waals surface area contributed by atoms with E-state index in [1.807, 2.05) is 13.8 Å². The van der Waals surface area contributed by atoms with Gasteiger partial charge in [0.05, 0.1) is 11.1 Å². The number of carbonyl (C=O) groups is 3. The molecule has 0 N–H and O–H groups in total. The van der Waals surface area contributed by atoms with Crippen molar-refractivity contribution in [2.75, 3.05) is 0 Å². The van der Waals surface area contributed by atoms with Gasteiger partial charge in [-0.2, -0.15) is 0 Å². The Kier molecular flexibility index (Phi) is 3.71. The van der Waals surface area contributed by atoms with Crippen LogP contribution in [-0.4, -0.2) is 28.0 Å². The summed E-state index contributed by atoms with van der Waals surface area (Å²) in [5.74, 6) is -0.738.